The average Bonchev–Trinajstić information content (AvgIpc) is 3.06. The summed E-state index contributed by atoms with van der Waals surface area (Å²) < 4.78 is 14.3. The maximum absolute atomic E-state index is 14.3. The minimum atomic E-state index is -0.318. The summed E-state index contributed by atoms with van der Waals surface area (Å²) in [6, 6.07) is 16.2. The first-order valence-electron chi connectivity index (χ1n) is 8.48. The predicted molar refractivity (Wildman–Crippen MR) is 101 cm³/mol. The van der Waals surface area contributed by atoms with Gasteiger partial charge in [-0.1, -0.05) is 48.5 Å². The van der Waals surface area contributed by atoms with E-state index in [-0.39, 0.29) is 24.1 Å². The van der Waals surface area contributed by atoms with Gasteiger partial charge in [-0.25, -0.2) is 4.39 Å². The molecule has 4 nitrogen and oxygen atoms in total. The largest absolute Gasteiger partial charge is 0.356 e. The van der Waals surface area contributed by atoms with Crippen LogP contribution < -0.4 is 5.32 Å². The molecule has 0 aliphatic carbocycles. The molecular weight excluding hydrogens is 349 g/mol. The third-order valence-corrected chi connectivity index (χ3v) is 5.00. The lowest BCUT2D eigenvalue weighted by Crippen LogP contribution is -2.27. The highest BCUT2D eigenvalue weighted by Crippen LogP contribution is 2.29. The number of nitrogens with zero attached hydrogens (tertiary/aromatic N) is 2. The van der Waals surface area contributed by atoms with E-state index in [0.717, 1.165) is 15.6 Å². The number of carbonyl (C=O) groups excluding carboxylic acids is 1. The van der Waals surface area contributed by atoms with Crippen molar-refractivity contribution >= 4 is 17.2 Å². The maximum Gasteiger partial charge on any atom is 0.220 e. The van der Waals surface area contributed by atoms with Crippen molar-refractivity contribution in [1.82, 2.24) is 15.5 Å². The van der Waals surface area contributed by atoms with Crippen molar-refractivity contribution in [2.75, 3.05) is 6.54 Å². The van der Waals surface area contributed by atoms with Gasteiger partial charge in [-0.05, 0) is 24.1 Å². The van der Waals surface area contributed by atoms with E-state index in [0.29, 0.717) is 18.5 Å². The molecule has 3 aromatic rings. The quantitative estimate of drug-likeness (QED) is 0.688. The summed E-state index contributed by atoms with van der Waals surface area (Å²) in [7, 11) is 0. The number of aromatic nitrogens is 2. The van der Waals surface area contributed by atoms with Gasteiger partial charge in [0.05, 0.1) is 0 Å². The second kappa shape index (κ2) is 8.67. The molecule has 134 valence electrons. The van der Waals surface area contributed by atoms with Crippen molar-refractivity contribution < 1.29 is 9.18 Å². The lowest BCUT2D eigenvalue weighted by molar-refractivity contribution is -0.121. The zero-order valence-electron chi connectivity index (χ0n) is 14.5. The molecule has 1 heterocycles. The Morgan fingerprint density at radius 3 is 2.54 bits per heavy atom. The number of benzene rings is 2. The fourth-order valence-electron chi connectivity index (χ4n) is 2.86. The lowest BCUT2D eigenvalue weighted by atomic mass is 9.88. The minimum absolute atomic E-state index is 0.108. The molecule has 1 unspecified atom stereocenters. The minimum Gasteiger partial charge on any atom is -0.356 e. The first-order valence-corrected chi connectivity index (χ1v) is 9.30. The van der Waals surface area contributed by atoms with E-state index in [2.05, 4.69) is 15.5 Å². The standard InChI is InChI=1S/C20H20FN3OS/c1-14-23-24-20(26-14)11-12-22-19(25)13-17(15-7-3-2-4-8-15)16-9-5-6-10-18(16)21/h2-10,17H,11-13H2,1H3,(H,22,25). The van der Waals surface area contributed by atoms with Crippen LogP contribution in [0.2, 0.25) is 0 Å². The van der Waals surface area contributed by atoms with Crippen LogP contribution in [0.5, 0.6) is 0 Å². The zero-order chi connectivity index (χ0) is 18.4. The van der Waals surface area contributed by atoms with E-state index in [9.17, 15) is 9.18 Å². The van der Waals surface area contributed by atoms with Gasteiger partial charge in [0, 0.05) is 25.3 Å². The van der Waals surface area contributed by atoms with Crippen molar-refractivity contribution in [1.29, 1.82) is 0 Å². The molecule has 0 radical (unpaired) electrons. The zero-order valence-corrected chi connectivity index (χ0v) is 15.3. The number of rotatable bonds is 7. The van der Waals surface area contributed by atoms with Crippen LogP contribution >= 0.6 is 11.3 Å². The molecule has 0 bridgehead atoms. The number of nitrogens with one attached hydrogen (secondary N) is 1. The monoisotopic (exact) mass is 369 g/mol. The summed E-state index contributed by atoms with van der Waals surface area (Å²) in [5.74, 6) is -0.719. The molecule has 0 aliphatic rings. The van der Waals surface area contributed by atoms with E-state index >= 15 is 0 Å². The fraction of sp³-hybridized carbons (Fsp3) is 0.250. The van der Waals surface area contributed by atoms with E-state index < -0.39 is 0 Å². The Balaban J connectivity index is 1.67. The number of halogens is 1. The molecule has 0 fully saturated rings. The molecule has 0 aliphatic heterocycles. The summed E-state index contributed by atoms with van der Waals surface area (Å²) in [6.45, 7) is 2.39. The highest BCUT2D eigenvalue weighted by molar-refractivity contribution is 7.11. The molecule has 1 aromatic heterocycles. The van der Waals surface area contributed by atoms with Gasteiger partial charge in [-0.15, -0.1) is 21.5 Å². The molecule has 1 atom stereocenters. The van der Waals surface area contributed by atoms with Crippen molar-refractivity contribution in [3.63, 3.8) is 0 Å². The first-order chi connectivity index (χ1) is 12.6. The molecule has 1 amide bonds. The van der Waals surface area contributed by atoms with Crippen LogP contribution in [0.4, 0.5) is 4.39 Å². The van der Waals surface area contributed by atoms with Gasteiger partial charge in [-0.2, -0.15) is 0 Å². The number of amides is 1. The first kappa shape index (κ1) is 18.2. The predicted octanol–water partition coefficient (Wildman–Crippen LogP) is 3.87. The Hall–Kier alpha value is -2.60. The normalized spacial score (nSPS) is 11.9. The third-order valence-electron chi connectivity index (χ3n) is 4.10. The van der Waals surface area contributed by atoms with Crippen LogP contribution in [-0.2, 0) is 11.2 Å². The van der Waals surface area contributed by atoms with E-state index in [1.165, 1.54) is 17.4 Å². The molecule has 26 heavy (non-hydrogen) atoms. The van der Waals surface area contributed by atoms with Crippen molar-refractivity contribution in [2.45, 2.75) is 25.7 Å². The SMILES string of the molecule is Cc1nnc(CCNC(=O)CC(c2ccccc2)c2ccccc2F)s1. The third kappa shape index (κ3) is 4.73. The molecular formula is C20H20FN3OS. The second-order valence-corrected chi connectivity index (χ2v) is 7.27. The summed E-state index contributed by atoms with van der Waals surface area (Å²) in [4.78, 5) is 12.4. The van der Waals surface area contributed by atoms with E-state index in [1.807, 2.05) is 37.3 Å². The number of hydrogen-bond acceptors (Lipinski definition) is 4. The fourth-order valence-corrected chi connectivity index (χ4v) is 3.56. The van der Waals surface area contributed by atoms with Crippen LogP contribution in [-0.4, -0.2) is 22.6 Å². The molecule has 3 rings (SSSR count). The second-order valence-electron chi connectivity index (χ2n) is 6.00. The molecule has 1 N–H and O–H groups in total. The summed E-state index contributed by atoms with van der Waals surface area (Å²) in [5, 5.41) is 12.7. The number of hydrogen-bond donors (Lipinski definition) is 1. The lowest BCUT2D eigenvalue weighted by Gasteiger charge is -2.18. The van der Waals surface area contributed by atoms with E-state index in [1.54, 1.807) is 18.2 Å². The Morgan fingerprint density at radius 2 is 1.85 bits per heavy atom. The average molecular weight is 369 g/mol. The molecule has 0 saturated heterocycles. The summed E-state index contributed by atoms with van der Waals surface area (Å²) in [5.41, 5.74) is 1.46. The van der Waals surface area contributed by atoms with Crippen molar-refractivity contribution in [2.24, 2.45) is 0 Å². The summed E-state index contributed by atoms with van der Waals surface area (Å²) in [6.07, 6.45) is 0.840. The smallest absolute Gasteiger partial charge is 0.220 e. The Morgan fingerprint density at radius 1 is 1.12 bits per heavy atom. The molecule has 0 spiro atoms. The maximum atomic E-state index is 14.3. The highest BCUT2D eigenvalue weighted by Gasteiger charge is 2.21. The van der Waals surface area contributed by atoms with Crippen molar-refractivity contribution in [3.05, 3.63) is 81.6 Å². The van der Waals surface area contributed by atoms with Gasteiger partial charge < -0.3 is 5.32 Å². The van der Waals surface area contributed by atoms with Crippen LogP contribution in [0.1, 0.15) is 33.5 Å². The van der Waals surface area contributed by atoms with Gasteiger partial charge in [0.15, 0.2) is 0 Å². The van der Waals surface area contributed by atoms with Gasteiger partial charge >= 0.3 is 0 Å². The number of aryl methyl sites for hydroxylation is 1. The molecule has 6 heteroatoms. The molecule has 2 aromatic carbocycles. The van der Waals surface area contributed by atoms with Crippen LogP contribution in [0.25, 0.3) is 0 Å². The van der Waals surface area contributed by atoms with Gasteiger partial charge in [0.2, 0.25) is 5.91 Å². The van der Waals surface area contributed by atoms with Crippen LogP contribution in [0, 0.1) is 12.7 Å². The van der Waals surface area contributed by atoms with Crippen LogP contribution in [0.15, 0.2) is 54.6 Å². The van der Waals surface area contributed by atoms with Gasteiger partial charge in [-0.3, -0.25) is 4.79 Å². The van der Waals surface area contributed by atoms with Crippen molar-refractivity contribution in [3.8, 4) is 0 Å². The summed E-state index contributed by atoms with van der Waals surface area (Å²) >= 11 is 1.53. The van der Waals surface area contributed by atoms with E-state index in [4.69, 9.17) is 0 Å². The topological polar surface area (TPSA) is 54.9 Å². The highest BCUT2D eigenvalue weighted by atomic mass is 32.1. The van der Waals surface area contributed by atoms with Gasteiger partial charge in [0.1, 0.15) is 15.8 Å². The van der Waals surface area contributed by atoms with Crippen LogP contribution in [0.3, 0.4) is 0 Å². The molecule has 0 saturated carbocycles. The Kier molecular flexibility index (Phi) is 6.07. The Bertz CT molecular complexity index is 866. The number of carbonyl (C=O) groups is 1. The Labute approximate surface area is 156 Å². The van der Waals surface area contributed by atoms with Gasteiger partial charge in [0.25, 0.3) is 0 Å².